The van der Waals surface area contributed by atoms with Gasteiger partial charge in [-0.15, -0.1) is 0 Å². The van der Waals surface area contributed by atoms with Gasteiger partial charge in [-0.05, 0) is 18.9 Å². The predicted octanol–water partition coefficient (Wildman–Crippen LogP) is 2.78. The summed E-state index contributed by atoms with van der Waals surface area (Å²) in [5.41, 5.74) is -1.06. The molecule has 1 N–H and O–H groups in total. The smallest absolute Gasteiger partial charge is 0.343 e. The number of hydrogen-bond acceptors (Lipinski definition) is 4. The Hall–Kier alpha value is -2.31. The molecule has 4 nitrogen and oxygen atoms in total. The third kappa shape index (κ3) is 3.42. The average molecular weight is 299 g/mol. The van der Waals surface area contributed by atoms with Crippen LogP contribution in [0, 0.1) is 17.5 Å². The third-order valence-electron chi connectivity index (χ3n) is 2.89. The lowest BCUT2D eigenvalue weighted by molar-refractivity contribution is -0.135. The van der Waals surface area contributed by atoms with Gasteiger partial charge in [0.05, 0.1) is 18.7 Å². The lowest BCUT2D eigenvalue weighted by Crippen LogP contribution is -2.10. The molecule has 0 heterocycles. The van der Waals surface area contributed by atoms with Crippen molar-refractivity contribution in [3.63, 3.8) is 0 Å². The molecule has 0 aliphatic heterocycles. The van der Waals surface area contributed by atoms with Gasteiger partial charge in [-0.3, -0.25) is 4.99 Å². The summed E-state index contributed by atoms with van der Waals surface area (Å²) in [4.78, 5) is 15.6. The van der Waals surface area contributed by atoms with Crippen LogP contribution in [0.1, 0.15) is 18.4 Å². The van der Waals surface area contributed by atoms with Gasteiger partial charge in [0.15, 0.2) is 11.6 Å². The van der Waals surface area contributed by atoms with Crippen LogP contribution in [-0.2, 0) is 9.53 Å². The third-order valence-corrected chi connectivity index (χ3v) is 2.89. The van der Waals surface area contributed by atoms with Gasteiger partial charge in [-0.25, -0.2) is 18.0 Å². The summed E-state index contributed by atoms with van der Waals surface area (Å²) in [6.07, 6.45) is 2.76. The minimum atomic E-state index is -1.39. The maximum Gasteiger partial charge on any atom is 0.343 e. The molecule has 0 unspecified atom stereocenters. The number of ether oxygens (including phenoxy) is 1. The molecule has 0 saturated heterocycles. The molecule has 0 bridgehead atoms. The van der Waals surface area contributed by atoms with Crippen molar-refractivity contribution in [2.75, 3.05) is 7.11 Å². The normalized spacial score (nSPS) is 16.0. The Bertz CT molecular complexity index is 637. The summed E-state index contributed by atoms with van der Waals surface area (Å²) >= 11 is 0. The number of nitrogens with zero attached hydrogens (tertiary/aromatic N) is 1. The highest BCUT2D eigenvalue weighted by molar-refractivity contribution is 6.15. The number of carbonyl (C=O) groups is 1. The molecule has 0 aromatic heterocycles. The second kappa shape index (κ2) is 5.99. The van der Waals surface area contributed by atoms with Crippen molar-refractivity contribution in [2.45, 2.75) is 18.9 Å². The highest BCUT2D eigenvalue weighted by Gasteiger charge is 2.23. The molecular formula is C14H12F3NO3. The van der Waals surface area contributed by atoms with Crippen molar-refractivity contribution < 1.29 is 27.8 Å². The molecule has 0 amide bonds. The quantitative estimate of drug-likeness (QED) is 0.306. The van der Waals surface area contributed by atoms with E-state index in [1.165, 1.54) is 0 Å². The van der Waals surface area contributed by atoms with E-state index in [2.05, 4.69) is 9.73 Å². The van der Waals surface area contributed by atoms with Crippen LogP contribution in [-0.4, -0.2) is 30.4 Å². The first kappa shape index (κ1) is 15.1. The largest absolute Gasteiger partial charge is 0.506 e. The van der Waals surface area contributed by atoms with Crippen molar-refractivity contribution in [2.24, 2.45) is 4.99 Å². The standard InChI is InChI=1S/C14H12F3NO3/c1-21-14(20)9(6-18-7-2-3-7)13(19)8-4-11(16)12(17)5-10(8)15/h4-7,19H,2-3H2,1H3. The Kier molecular flexibility index (Phi) is 4.30. The number of halogens is 3. The van der Waals surface area contributed by atoms with Crippen LogP contribution >= 0.6 is 0 Å². The van der Waals surface area contributed by atoms with Crippen LogP contribution in [0.5, 0.6) is 0 Å². The fraction of sp³-hybridized carbons (Fsp3) is 0.286. The summed E-state index contributed by atoms with van der Waals surface area (Å²) in [5, 5.41) is 9.97. The van der Waals surface area contributed by atoms with E-state index < -0.39 is 40.3 Å². The summed E-state index contributed by atoms with van der Waals surface area (Å²) in [6, 6.07) is 0.800. The Morgan fingerprint density at radius 1 is 1.29 bits per heavy atom. The summed E-state index contributed by atoms with van der Waals surface area (Å²) in [7, 11) is 1.07. The van der Waals surface area contributed by atoms with E-state index in [0.29, 0.717) is 6.07 Å². The first-order valence-electron chi connectivity index (χ1n) is 6.13. The second-order valence-corrected chi connectivity index (χ2v) is 4.51. The van der Waals surface area contributed by atoms with Gasteiger partial charge in [0, 0.05) is 12.3 Å². The first-order valence-corrected chi connectivity index (χ1v) is 6.13. The molecule has 1 saturated carbocycles. The van der Waals surface area contributed by atoms with E-state index >= 15 is 0 Å². The predicted molar refractivity (Wildman–Crippen MR) is 69.4 cm³/mol. The van der Waals surface area contributed by atoms with E-state index in [0.717, 1.165) is 26.2 Å². The lowest BCUT2D eigenvalue weighted by Gasteiger charge is -2.07. The van der Waals surface area contributed by atoms with Crippen molar-refractivity contribution >= 4 is 17.9 Å². The molecule has 1 aromatic rings. The van der Waals surface area contributed by atoms with Crippen LogP contribution in [0.4, 0.5) is 13.2 Å². The number of methoxy groups -OCH3 is 1. The maximum absolute atomic E-state index is 13.6. The average Bonchev–Trinajstić information content (AvgIpc) is 3.26. The number of aliphatic imine (C=N–C) groups is 1. The number of aliphatic hydroxyl groups excluding tert-OH is 1. The fourth-order valence-corrected chi connectivity index (χ4v) is 1.57. The van der Waals surface area contributed by atoms with Gasteiger partial charge in [-0.1, -0.05) is 0 Å². The Morgan fingerprint density at radius 3 is 2.48 bits per heavy atom. The Balaban J connectivity index is 2.49. The van der Waals surface area contributed by atoms with E-state index in [9.17, 15) is 23.1 Å². The molecule has 7 heteroatoms. The summed E-state index contributed by atoms with van der Waals surface area (Å²) in [5.74, 6) is -5.76. The van der Waals surface area contributed by atoms with Crippen molar-refractivity contribution in [3.8, 4) is 0 Å². The van der Waals surface area contributed by atoms with Crippen molar-refractivity contribution in [3.05, 3.63) is 40.7 Å². The van der Waals surface area contributed by atoms with E-state index in [-0.39, 0.29) is 12.1 Å². The topological polar surface area (TPSA) is 58.9 Å². The number of carbonyl (C=O) groups excluding carboxylic acids is 1. The van der Waals surface area contributed by atoms with Crippen LogP contribution in [0.15, 0.2) is 22.7 Å². The summed E-state index contributed by atoms with van der Waals surface area (Å²) < 4.78 is 44.1. The SMILES string of the molecule is COC(=O)C(C=NC1CC1)=C(O)c1cc(F)c(F)cc1F. The van der Waals surface area contributed by atoms with Crippen molar-refractivity contribution in [1.82, 2.24) is 0 Å². The molecule has 1 fully saturated rings. The molecule has 1 aliphatic carbocycles. The minimum absolute atomic E-state index is 0.0484. The Morgan fingerprint density at radius 2 is 1.90 bits per heavy atom. The van der Waals surface area contributed by atoms with Gasteiger partial charge in [-0.2, -0.15) is 0 Å². The number of aliphatic hydroxyl groups is 1. The maximum atomic E-state index is 13.6. The van der Waals surface area contributed by atoms with Crippen LogP contribution < -0.4 is 0 Å². The molecular weight excluding hydrogens is 287 g/mol. The van der Waals surface area contributed by atoms with Crippen LogP contribution in [0.2, 0.25) is 0 Å². The zero-order valence-electron chi connectivity index (χ0n) is 11.1. The molecule has 0 spiro atoms. The second-order valence-electron chi connectivity index (χ2n) is 4.51. The van der Waals surface area contributed by atoms with E-state index in [1.54, 1.807) is 0 Å². The fourth-order valence-electron chi connectivity index (χ4n) is 1.57. The highest BCUT2D eigenvalue weighted by atomic mass is 19.2. The zero-order chi connectivity index (χ0) is 15.6. The monoisotopic (exact) mass is 299 g/mol. The molecule has 1 aromatic carbocycles. The number of benzene rings is 1. The van der Waals surface area contributed by atoms with Gasteiger partial charge in [0.25, 0.3) is 0 Å². The Labute approximate surface area is 118 Å². The molecule has 21 heavy (non-hydrogen) atoms. The number of esters is 1. The highest BCUT2D eigenvalue weighted by Crippen LogP contribution is 2.25. The van der Waals surface area contributed by atoms with Gasteiger partial charge < -0.3 is 9.84 Å². The van der Waals surface area contributed by atoms with Gasteiger partial charge in [0.2, 0.25) is 0 Å². The van der Waals surface area contributed by atoms with Gasteiger partial charge in [0.1, 0.15) is 17.1 Å². The minimum Gasteiger partial charge on any atom is -0.506 e. The van der Waals surface area contributed by atoms with Crippen LogP contribution in [0.3, 0.4) is 0 Å². The van der Waals surface area contributed by atoms with Crippen molar-refractivity contribution in [1.29, 1.82) is 0 Å². The molecule has 112 valence electrons. The lowest BCUT2D eigenvalue weighted by atomic mass is 10.1. The summed E-state index contributed by atoms with van der Waals surface area (Å²) in [6.45, 7) is 0. The number of rotatable bonds is 4. The first-order chi connectivity index (χ1) is 9.93. The number of hydrogen-bond donors (Lipinski definition) is 1. The van der Waals surface area contributed by atoms with Gasteiger partial charge >= 0.3 is 5.97 Å². The van der Waals surface area contributed by atoms with E-state index in [1.807, 2.05) is 0 Å². The molecule has 1 aliphatic rings. The zero-order valence-corrected chi connectivity index (χ0v) is 11.1. The molecule has 0 atom stereocenters. The molecule has 2 rings (SSSR count). The molecule has 0 radical (unpaired) electrons. The van der Waals surface area contributed by atoms with Crippen LogP contribution in [0.25, 0.3) is 5.76 Å². The van der Waals surface area contributed by atoms with E-state index in [4.69, 9.17) is 0 Å².